The van der Waals surface area contributed by atoms with E-state index >= 15 is 0 Å². The molecule has 1 rings (SSSR count). The van der Waals surface area contributed by atoms with E-state index in [2.05, 4.69) is 5.10 Å². The molecule has 3 N–H and O–H groups in total. The van der Waals surface area contributed by atoms with Crippen LogP contribution in [0.5, 0.6) is 0 Å². The third-order valence-corrected chi connectivity index (χ3v) is 3.89. The van der Waals surface area contributed by atoms with Crippen LogP contribution >= 0.6 is 11.6 Å². The van der Waals surface area contributed by atoms with Crippen LogP contribution in [0.4, 0.5) is 0 Å². The van der Waals surface area contributed by atoms with Gasteiger partial charge in [0.25, 0.3) is 0 Å². The van der Waals surface area contributed by atoms with Crippen LogP contribution in [0.2, 0.25) is 5.02 Å². The van der Waals surface area contributed by atoms with E-state index < -0.39 is 5.60 Å². The highest BCUT2D eigenvalue weighted by molar-refractivity contribution is 6.31. The molecular formula is C12H22ClN3O. The zero-order chi connectivity index (χ0) is 13.1. The van der Waals surface area contributed by atoms with Crippen LogP contribution in [0.1, 0.15) is 37.6 Å². The Hall–Kier alpha value is -0.580. The molecule has 0 bridgehead atoms. The zero-order valence-electron chi connectivity index (χ0n) is 10.8. The molecule has 0 fully saturated rings. The van der Waals surface area contributed by atoms with Crippen LogP contribution in [-0.4, -0.2) is 27.0 Å². The van der Waals surface area contributed by atoms with E-state index in [1.165, 1.54) is 0 Å². The smallest absolute Gasteiger partial charge is 0.0844 e. The number of hydrogen-bond donors (Lipinski definition) is 2. The summed E-state index contributed by atoms with van der Waals surface area (Å²) in [5.41, 5.74) is 6.66. The lowest BCUT2D eigenvalue weighted by Crippen LogP contribution is -2.37. The van der Waals surface area contributed by atoms with Crippen LogP contribution < -0.4 is 5.73 Å². The molecule has 0 aromatic carbocycles. The lowest BCUT2D eigenvalue weighted by Gasteiger charge is -2.24. The first kappa shape index (κ1) is 14.5. The number of nitrogens with two attached hydrogens (primary N) is 1. The summed E-state index contributed by atoms with van der Waals surface area (Å²) in [4.78, 5) is 0. The molecule has 1 aromatic heterocycles. The fraction of sp³-hybridized carbons (Fsp3) is 0.750. The first-order valence-corrected chi connectivity index (χ1v) is 6.43. The van der Waals surface area contributed by atoms with Crippen molar-refractivity contribution >= 4 is 11.6 Å². The molecule has 0 saturated carbocycles. The molecule has 5 heteroatoms. The maximum absolute atomic E-state index is 10.1. The maximum atomic E-state index is 10.1. The number of aromatic nitrogens is 2. The Balaban J connectivity index is 2.54. The highest BCUT2D eigenvalue weighted by Gasteiger charge is 2.22. The summed E-state index contributed by atoms with van der Waals surface area (Å²) in [6.07, 6.45) is 2.22. The molecule has 0 radical (unpaired) electrons. The molecule has 0 amide bonds. The molecule has 0 spiro atoms. The quantitative estimate of drug-likeness (QED) is 0.822. The van der Waals surface area contributed by atoms with Crippen molar-refractivity contribution in [1.29, 1.82) is 0 Å². The monoisotopic (exact) mass is 259 g/mol. The summed E-state index contributed by atoms with van der Waals surface area (Å²) in [6.45, 7) is 6.88. The SMILES string of the molecule is CCC(O)(CN)CCCn1nc(C)c(Cl)c1C. The Morgan fingerprint density at radius 3 is 2.53 bits per heavy atom. The van der Waals surface area contributed by atoms with Gasteiger partial charge >= 0.3 is 0 Å². The Bertz CT molecular complexity index is 372. The van der Waals surface area contributed by atoms with E-state index in [0.717, 1.165) is 29.4 Å². The normalized spacial score (nSPS) is 14.9. The van der Waals surface area contributed by atoms with Crippen molar-refractivity contribution in [3.63, 3.8) is 0 Å². The van der Waals surface area contributed by atoms with Gasteiger partial charge in [-0.15, -0.1) is 0 Å². The van der Waals surface area contributed by atoms with Gasteiger partial charge in [0.05, 0.1) is 22.0 Å². The Labute approximate surface area is 108 Å². The molecule has 0 aliphatic rings. The van der Waals surface area contributed by atoms with Crippen molar-refractivity contribution in [2.45, 2.75) is 52.2 Å². The third kappa shape index (κ3) is 3.44. The lowest BCUT2D eigenvalue weighted by atomic mass is 9.95. The summed E-state index contributed by atoms with van der Waals surface area (Å²) in [6, 6.07) is 0. The molecular weight excluding hydrogens is 238 g/mol. The van der Waals surface area contributed by atoms with E-state index in [1.54, 1.807) is 0 Å². The summed E-state index contributed by atoms with van der Waals surface area (Å²) >= 11 is 6.07. The fourth-order valence-corrected chi connectivity index (χ4v) is 2.01. The van der Waals surface area contributed by atoms with Gasteiger partial charge in [-0.1, -0.05) is 18.5 Å². The minimum atomic E-state index is -0.736. The molecule has 17 heavy (non-hydrogen) atoms. The Morgan fingerprint density at radius 2 is 2.12 bits per heavy atom. The minimum Gasteiger partial charge on any atom is -0.389 e. The van der Waals surface area contributed by atoms with Gasteiger partial charge in [-0.05, 0) is 33.1 Å². The average Bonchev–Trinajstić information content (AvgIpc) is 2.57. The van der Waals surface area contributed by atoms with E-state index in [9.17, 15) is 5.11 Å². The Morgan fingerprint density at radius 1 is 1.47 bits per heavy atom. The zero-order valence-corrected chi connectivity index (χ0v) is 11.6. The number of nitrogens with zero attached hydrogens (tertiary/aromatic N) is 2. The van der Waals surface area contributed by atoms with Crippen LogP contribution in [0, 0.1) is 13.8 Å². The van der Waals surface area contributed by atoms with Crippen LogP contribution in [0.15, 0.2) is 0 Å². The second kappa shape index (κ2) is 5.85. The van der Waals surface area contributed by atoms with Crippen molar-refractivity contribution in [2.75, 3.05) is 6.54 Å². The third-order valence-electron chi connectivity index (χ3n) is 3.34. The van der Waals surface area contributed by atoms with Gasteiger partial charge in [-0.3, -0.25) is 4.68 Å². The number of rotatable bonds is 6. The summed E-state index contributed by atoms with van der Waals surface area (Å²) < 4.78 is 1.89. The molecule has 0 aliphatic carbocycles. The highest BCUT2D eigenvalue weighted by atomic mass is 35.5. The summed E-state index contributed by atoms with van der Waals surface area (Å²) in [7, 11) is 0. The van der Waals surface area contributed by atoms with Crippen molar-refractivity contribution in [3.8, 4) is 0 Å². The van der Waals surface area contributed by atoms with E-state index in [0.29, 0.717) is 19.4 Å². The predicted molar refractivity (Wildman–Crippen MR) is 70.2 cm³/mol. The lowest BCUT2D eigenvalue weighted by molar-refractivity contribution is 0.0331. The van der Waals surface area contributed by atoms with Gasteiger partial charge in [0, 0.05) is 13.1 Å². The molecule has 1 unspecified atom stereocenters. The summed E-state index contributed by atoms with van der Waals surface area (Å²) in [5.74, 6) is 0. The van der Waals surface area contributed by atoms with Gasteiger partial charge in [-0.25, -0.2) is 0 Å². The van der Waals surface area contributed by atoms with Crippen molar-refractivity contribution in [1.82, 2.24) is 9.78 Å². The molecule has 1 atom stereocenters. The molecule has 4 nitrogen and oxygen atoms in total. The second-order valence-corrected chi connectivity index (χ2v) is 4.97. The predicted octanol–water partition coefficient (Wildman–Crippen LogP) is 2.03. The number of aryl methyl sites for hydroxylation is 2. The summed E-state index contributed by atoms with van der Waals surface area (Å²) in [5, 5.41) is 15.1. The van der Waals surface area contributed by atoms with Gasteiger partial charge in [0.2, 0.25) is 0 Å². The molecule has 0 aliphatic heterocycles. The highest BCUT2D eigenvalue weighted by Crippen LogP contribution is 2.21. The minimum absolute atomic E-state index is 0.307. The van der Waals surface area contributed by atoms with Gasteiger partial charge in [0.15, 0.2) is 0 Å². The first-order chi connectivity index (χ1) is 7.93. The number of halogens is 1. The number of hydrogen-bond acceptors (Lipinski definition) is 3. The first-order valence-electron chi connectivity index (χ1n) is 6.05. The topological polar surface area (TPSA) is 64.1 Å². The molecule has 0 saturated heterocycles. The maximum Gasteiger partial charge on any atom is 0.0844 e. The average molecular weight is 260 g/mol. The second-order valence-electron chi connectivity index (χ2n) is 4.59. The standard InChI is InChI=1S/C12H22ClN3O/c1-4-12(17,8-14)6-5-7-16-10(3)11(13)9(2)15-16/h17H,4-8,14H2,1-3H3. The van der Waals surface area contributed by atoms with Crippen LogP contribution in [0.3, 0.4) is 0 Å². The van der Waals surface area contributed by atoms with Crippen molar-refractivity contribution in [2.24, 2.45) is 5.73 Å². The molecule has 1 heterocycles. The molecule has 98 valence electrons. The molecule has 1 aromatic rings. The fourth-order valence-electron chi connectivity index (χ4n) is 1.87. The Kier molecular flexibility index (Phi) is 4.98. The van der Waals surface area contributed by atoms with E-state index in [4.69, 9.17) is 17.3 Å². The largest absolute Gasteiger partial charge is 0.389 e. The number of aliphatic hydroxyl groups is 1. The van der Waals surface area contributed by atoms with Gasteiger partial charge in [0.1, 0.15) is 0 Å². The van der Waals surface area contributed by atoms with Crippen LogP contribution in [-0.2, 0) is 6.54 Å². The van der Waals surface area contributed by atoms with Gasteiger partial charge < -0.3 is 10.8 Å². The van der Waals surface area contributed by atoms with Crippen molar-refractivity contribution < 1.29 is 5.11 Å². The van der Waals surface area contributed by atoms with Crippen LogP contribution in [0.25, 0.3) is 0 Å². The van der Waals surface area contributed by atoms with E-state index in [-0.39, 0.29) is 0 Å². The van der Waals surface area contributed by atoms with Gasteiger partial charge in [-0.2, -0.15) is 5.10 Å². The van der Waals surface area contributed by atoms with E-state index in [1.807, 2.05) is 25.5 Å². The van der Waals surface area contributed by atoms with Crippen molar-refractivity contribution in [3.05, 3.63) is 16.4 Å².